The van der Waals surface area contributed by atoms with Crippen molar-refractivity contribution in [2.75, 3.05) is 24.5 Å². The van der Waals surface area contributed by atoms with Crippen molar-refractivity contribution in [2.45, 2.75) is 27.2 Å². The lowest BCUT2D eigenvalue weighted by molar-refractivity contribution is 0.383. The third-order valence-electron chi connectivity index (χ3n) is 3.41. The van der Waals surface area contributed by atoms with Crippen LogP contribution in [-0.4, -0.2) is 34.8 Å². The number of nitrogens with two attached hydrogens (primary N) is 1. The fraction of sp³-hybridized carbons (Fsp3) is 0.727. The van der Waals surface area contributed by atoms with Crippen molar-refractivity contribution in [3.8, 4) is 0 Å². The normalized spacial score (nSPS) is 25.1. The molecule has 1 aliphatic heterocycles. The van der Waals surface area contributed by atoms with Gasteiger partial charge in [0.1, 0.15) is 0 Å². The zero-order valence-electron chi connectivity index (χ0n) is 10.2. The van der Waals surface area contributed by atoms with Gasteiger partial charge in [0, 0.05) is 13.1 Å². The van der Waals surface area contributed by atoms with E-state index in [0.29, 0.717) is 6.54 Å². The minimum atomic E-state index is 0.197. The third kappa shape index (κ3) is 2.00. The number of aryl methyl sites for hydroxylation is 2. The van der Waals surface area contributed by atoms with Crippen molar-refractivity contribution in [3.63, 3.8) is 0 Å². The molecule has 88 valence electrons. The molecular formula is C11H19N5. The highest BCUT2D eigenvalue weighted by Gasteiger charge is 2.33. The van der Waals surface area contributed by atoms with Gasteiger partial charge in [0.25, 0.3) is 0 Å². The van der Waals surface area contributed by atoms with Crippen LogP contribution >= 0.6 is 0 Å². The Bertz CT molecular complexity index is 392. The van der Waals surface area contributed by atoms with Crippen molar-refractivity contribution in [3.05, 3.63) is 11.4 Å². The number of nitrogens with zero attached hydrogens (tertiary/aromatic N) is 4. The van der Waals surface area contributed by atoms with E-state index in [9.17, 15) is 0 Å². The molecule has 1 unspecified atom stereocenters. The van der Waals surface area contributed by atoms with Crippen LogP contribution in [0.2, 0.25) is 0 Å². The van der Waals surface area contributed by atoms with E-state index in [4.69, 9.17) is 5.73 Å². The molecule has 0 aromatic carbocycles. The molecule has 1 aromatic heterocycles. The average molecular weight is 221 g/mol. The maximum Gasteiger partial charge on any atom is 0.245 e. The zero-order chi connectivity index (χ0) is 11.8. The smallest absolute Gasteiger partial charge is 0.245 e. The molecule has 1 aliphatic rings. The molecule has 0 aliphatic carbocycles. The Balaban J connectivity index is 2.17. The topological polar surface area (TPSA) is 67.9 Å². The number of hydrogen-bond acceptors (Lipinski definition) is 5. The molecule has 1 fully saturated rings. The first-order chi connectivity index (χ1) is 7.54. The lowest BCUT2D eigenvalue weighted by Gasteiger charge is -2.22. The second kappa shape index (κ2) is 3.97. The SMILES string of the molecule is Cc1nnc(N2CCC(C)(CN)C2)nc1C. The van der Waals surface area contributed by atoms with Gasteiger partial charge in [0.15, 0.2) is 0 Å². The molecule has 1 saturated heterocycles. The number of anilines is 1. The molecule has 0 amide bonds. The molecule has 0 saturated carbocycles. The van der Waals surface area contributed by atoms with Crippen LogP contribution in [0.15, 0.2) is 0 Å². The van der Waals surface area contributed by atoms with Gasteiger partial charge in [-0.3, -0.25) is 0 Å². The predicted octanol–water partition coefficient (Wildman–Crippen LogP) is 0.664. The van der Waals surface area contributed by atoms with Crippen molar-refractivity contribution in [2.24, 2.45) is 11.1 Å². The molecule has 2 N–H and O–H groups in total. The second-order valence-electron chi connectivity index (χ2n) is 4.97. The van der Waals surface area contributed by atoms with Crippen LogP contribution in [0.1, 0.15) is 24.7 Å². The summed E-state index contributed by atoms with van der Waals surface area (Å²) in [6.45, 7) is 8.70. The van der Waals surface area contributed by atoms with Crippen LogP contribution in [0.3, 0.4) is 0 Å². The van der Waals surface area contributed by atoms with Gasteiger partial charge in [-0.15, -0.1) is 5.10 Å². The van der Waals surface area contributed by atoms with E-state index < -0.39 is 0 Å². The Morgan fingerprint density at radius 2 is 2.06 bits per heavy atom. The van der Waals surface area contributed by atoms with E-state index in [1.165, 1.54) is 0 Å². The highest BCUT2D eigenvalue weighted by atomic mass is 15.3. The second-order valence-corrected chi connectivity index (χ2v) is 4.97. The summed E-state index contributed by atoms with van der Waals surface area (Å²) in [5.41, 5.74) is 7.82. The predicted molar refractivity (Wildman–Crippen MR) is 63.3 cm³/mol. The van der Waals surface area contributed by atoms with Crippen molar-refractivity contribution in [1.82, 2.24) is 15.2 Å². The highest BCUT2D eigenvalue weighted by molar-refractivity contribution is 5.32. The summed E-state index contributed by atoms with van der Waals surface area (Å²) in [5, 5.41) is 8.26. The molecule has 0 spiro atoms. The van der Waals surface area contributed by atoms with Gasteiger partial charge < -0.3 is 10.6 Å². The molecule has 0 bridgehead atoms. The Labute approximate surface area is 96.1 Å². The molecule has 5 heteroatoms. The lowest BCUT2D eigenvalue weighted by atomic mass is 9.90. The number of rotatable bonds is 2. The van der Waals surface area contributed by atoms with E-state index in [-0.39, 0.29) is 5.41 Å². The summed E-state index contributed by atoms with van der Waals surface area (Å²) in [7, 11) is 0. The molecular weight excluding hydrogens is 202 g/mol. The Morgan fingerprint density at radius 3 is 2.62 bits per heavy atom. The Morgan fingerprint density at radius 1 is 1.31 bits per heavy atom. The van der Waals surface area contributed by atoms with Gasteiger partial charge in [0.05, 0.1) is 11.4 Å². The molecule has 16 heavy (non-hydrogen) atoms. The number of aromatic nitrogens is 3. The summed E-state index contributed by atoms with van der Waals surface area (Å²) < 4.78 is 0. The van der Waals surface area contributed by atoms with Crippen LogP contribution < -0.4 is 10.6 Å². The first-order valence-electron chi connectivity index (χ1n) is 5.67. The van der Waals surface area contributed by atoms with Crippen molar-refractivity contribution >= 4 is 5.95 Å². The summed E-state index contributed by atoms with van der Waals surface area (Å²) in [6.07, 6.45) is 1.10. The lowest BCUT2D eigenvalue weighted by Crippen LogP contribution is -2.32. The zero-order valence-corrected chi connectivity index (χ0v) is 10.2. The molecule has 1 aromatic rings. The van der Waals surface area contributed by atoms with Crippen molar-refractivity contribution in [1.29, 1.82) is 0 Å². The van der Waals surface area contributed by atoms with Gasteiger partial charge in [-0.25, -0.2) is 4.98 Å². The minimum Gasteiger partial charge on any atom is -0.339 e. The largest absolute Gasteiger partial charge is 0.339 e. The van der Waals surface area contributed by atoms with Crippen LogP contribution in [0, 0.1) is 19.3 Å². The number of hydrogen-bond donors (Lipinski definition) is 1. The van der Waals surface area contributed by atoms with Crippen LogP contribution in [0.5, 0.6) is 0 Å². The van der Waals surface area contributed by atoms with E-state index in [1.807, 2.05) is 13.8 Å². The standard InChI is InChI=1S/C11H19N5/c1-8-9(2)14-15-10(13-8)16-5-4-11(3,6-12)7-16/h4-7,12H2,1-3H3. The summed E-state index contributed by atoms with van der Waals surface area (Å²) in [4.78, 5) is 6.64. The molecule has 1 atom stereocenters. The van der Waals surface area contributed by atoms with Gasteiger partial charge >= 0.3 is 0 Å². The van der Waals surface area contributed by atoms with Gasteiger partial charge in [-0.05, 0) is 32.2 Å². The summed E-state index contributed by atoms with van der Waals surface area (Å²) in [5.74, 6) is 0.736. The first kappa shape index (κ1) is 11.3. The first-order valence-corrected chi connectivity index (χ1v) is 5.67. The Hall–Kier alpha value is -1.23. The molecule has 2 rings (SSSR count). The van der Waals surface area contributed by atoms with E-state index in [1.54, 1.807) is 0 Å². The summed E-state index contributed by atoms with van der Waals surface area (Å²) in [6, 6.07) is 0. The quantitative estimate of drug-likeness (QED) is 0.794. The monoisotopic (exact) mass is 221 g/mol. The Kier molecular flexibility index (Phi) is 2.80. The van der Waals surface area contributed by atoms with E-state index in [0.717, 1.165) is 36.8 Å². The van der Waals surface area contributed by atoms with Crippen LogP contribution in [0.4, 0.5) is 5.95 Å². The molecule has 0 radical (unpaired) electrons. The van der Waals surface area contributed by atoms with Gasteiger partial charge in [0.2, 0.25) is 5.95 Å². The van der Waals surface area contributed by atoms with Gasteiger partial charge in [-0.1, -0.05) is 6.92 Å². The maximum absolute atomic E-state index is 5.78. The molecule has 5 nitrogen and oxygen atoms in total. The third-order valence-corrected chi connectivity index (χ3v) is 3.41. The highest BCUT2D eigenvalue weighted by Crippen LogP contribution is 2.30. The molecule has 2 heterocycles. The van der Waals surface area contributed by atoms with E-state index >= 15 is 0 Å². The fourth-order valence-corrected chi connectivity index (χ4v) is 1.94. The fourth-order valence-electron chi connectivity index (χ4n) is 1.94. The van der Waals surface area contributed by atoms with Crippen LogP contribution in [-0.2, 0) is 0 Å². The van der Waals surface area contributed by atoms with E-state index in [2.05, 4.69) is 27.0 Å². The van der Waals surface area contributed by atoms with Crippen LogP contribution in [0.25, 0.3) is 0 Å². The average Bonchev–Trinajstić information content (AvgIpc) is 2.66. The van der Waals surface area contributed by atoms with Crippen molar-refractivity contribution < 1.29 is 0 Å². The maximum atomic E-state index is 5.78. The van der Waals surface area contributed by atoms with Gasteiger partial charge in [-0.2, -0.15) is 5.10 Å². The summed E-state index contributed by atoms with van der Waals surface area (Å²) >= 11 is 0. The minimum absolute atomic E-state index is 0.197.